The molecule has 8 heteroatoms. The number of methoxy groups -OCH3 is 1. The standard InChI is InChI=1S/C14H13N5O3/c1-22-13(20)11-2-3-12(18-17-11)16-14(21)19-7-9-4-5-15-6-10(9)8-19/h2-6H,7-8H2,1H3,(H,16,18,21). The maximum absolute atomic E-state index is 12.2. The zero-order valence-corrected chi connectivity index (χ0v) is 11.8. The molecule has 1 aliphatic rings. The van der Waals surface area contributed by atoms with Crippen molar-refractivity contribution in [1.82, 2.24) is 20.1 Å². The van der Waals surface area contributed by atoms with E-state index in [1.54, 1.807) is 17.3 Å². The van der Waals surface area contributed by atoms with Gasteiger partial charge in [-0.25, -0.2) is 9.59 Å². The number of amides is 2. The minimum atomic E-state index is -0.576. The van der Waals surface area contributed by atoms with Crippen LogP contribution < -0.4 is 5.32 Å². The van der Waals surface area contributed by atoms with Gasteiger partial charge in [0.05, 0.1) is 7.11 Å². The number of nitrogens with zero attached hydrogens (tertiary/aromatic N) is 4. The van der Waals surface area contributed by atoms with Gasteiger partial charge >= 0.3 is 12.0 Å². The Kier molecular flexibility index (Phi) is 3.65. The van der Waals surface area contributed by atoms with Crippen LogP contribution in [-0.2, 0) is 17.8 Å². The van der Waals surface area contributed by atoms with E-state index < -0.39 is 5.97 Å². The van der Waals surface area contributed by atoms with Gasteiger partial charge in [-0.15, -0.1) is 10.2 Å². The number of carbonyl (C=O) groups excluding carboxylic acids is 2. The van der Waals surface area contributed by atoms with Crippen molar-refractivity contribution in [1.29, 1.82) is 0 Å². The fourth-order valence-corrected chi connectivity index (χ4v) is 2.16. The lowest BCUT2D eigenvalue weighted by Crippen LogP contribution is -2.30. The van der Waals surface area contributed by atoms with Crippen LogP contribution in [0.4, 0.5) is 10.6 Å². The molecule has 112 valence electrons. The summed E-state index contributed by atoms with van der Waals surface area (Å²) < 4.78 is 4.53. The number of hydrogen-bond donors (Lipinski definition) is 1. The molecule has 1 aliphatic heterocycles. The average Bonchev–Trinajstić information content (AvgIpc) is 2.99. The van der Waals surface area contributed by atoms with Crippen molar-refractivity contribution in [2.75, 3.05) is 12.4 Å². The zero-order chi connectivity index (χ0) is 15.5. The number of urea groups is 1. The fraction of sp³-hybridized carbons (Fsp3) is 0.214. The number of anilines is 1. The maximum Gasteiger partial charge on any atom is 0.358 e. The predicted octanol–water partition coefficient (Wildman–Crippen LogP) is 1.21. The van der Waals surface area contributed by atoms with E-state index in [0.717, 1.165) is 11.1 Å². The van der Waals surface area contributed by atoms with E-state index >= 15 is 0 Å². The third kappa shape index (κ3) is 2.71. The summed E-state index contributed by atoms with van der Waals surface area (Å²) in [4.78, 5) is 29.1. The van der Waals surface area contributed by atoms with E-state index in [-0.39, 0.29) is 17.5 Å². The highest BCUT2D eigenvalue weighted by atomic mass is 16.5. The molecule has 2 amide bonds. The van der Waals surface area contributed by atoms with Gasteiger partial charge in [0.25, 0.3) is 0 Å². The molecule has 0 saturated heterocycles. The van der Waals surface area contributed by atoms with Gasteiger partial charge in [-0.05, 0) is 29.3 Å². The van der Waals surface area contributed by atoms with Crippen molar-refractivity contribution < 1.29 is 14.3 Å². The molecule has 8 nitrogen and oxygen atoms in total. The lowest BCUT2D eigenvalue weighted by atomic mass is 10.2. The Morgan fingerprint density at radius 3 is 2.68 bits per heavy atom. The van der Waals surface area contributed by atoms with Gasteiger partial charge < -0.3 is 9.64 Å². The van der Waals surface area contributed by atoms with Gasteiger partial charge in [-0.3, -0.25) is 10.3 Å². The molecule has 0 aliphatic carbocycles. The summed E-state index contributed by atoms with van der Waals surface area (Å²) >= 11 is 0. The third-order valence-electron chi connectivity index (χ3n) is 3.31. The molecule has 0 aromatic carbocycles. The Morgan fingerprint density at radius 2 is 2.00 bits per heavy atom. The van der Waals surface area contributed by atoms with Gasteiger partial charge in [-0.2, -0.15) is 0 Å². The lowest BCUT2D eigenvalue weighted by Gasteiger charge is -2.15. The van der Waals surface area contributed by atoms with E-state index in [2.05, 4.69) is 25.2 Å². The van der Waals surface area contributed by atoms with Crippen LogP contribution in [0.15, 0.2) is 30.6 Å². The second-order valence-corrected chi connectivity index (χ2v) is 4.73. The summed E-state index contributed by atoms with van der Waals surface area (Å²) in [5, 5.41) is 10.1. The van der Waals surface area contributed by atoms with E-state index in [1.165, 1.54) is 19.2 Å². The van der Waals surface area contributed by atoms with E-state index in [4.69, 9.17) is 0 Å². The van der Waals surface area contributed by atoms with Crippen LogP contribution in [0.2, 0.25) is 0 Å². The number of aromatic nitrogens is 3. The molecule has 0 atom stereocenters. The highest BCUT2D eigenvalue weighted by Gasteiger charge is 2.23. The molecular formula is C14H13N5O3. The number of fused-ring (bicyclic) bond motifs is 1. The lowest BCUT2D eigenvalue weighted by molar-refractivity contribution is 0.0593. The quantitative estimate of drug-likeness (QED) is 0.837. The summed E-state index contributed by atoms with van der Waals surface area (Å²) in [6.45, 7) is 1.03. The second-order valence-electron chi connectivity index (χ2n) is 4.73. The molecule has 3 heterocycles. The first-order valence-electron chi connectivity index (χ1n) is 6.57. The molecule has 0 spiro atoms. The molecule has 22 heavy (non-hydrogen) atoms. The molecule has 0 bridgehead atoms. The Labute approximate surface area is 126 Å². The van der Waals surface area contributed by atoms with Crippen LogP contribution in [0.5, 0.6) is 0 Å². The number of nitrogens with one attached hydrogen (secondary N) is 1. The summed E-state index contributed by atoms with van der Waals surface area (Å²) in [6.07, 6.45) is 3.46. The van der Waals surface area contributed by atoms with Gasteiger partial charge in [0.2, 0.25) is 0 Å². The van der Waals surface area contributed by atoms with Gasteiger partial charge in [0.1, 0.15) is 0 Å². The van der Waals surface area contributed by atoms with Crippen molar-refractivity contribution in [3.05, 3.63) is 47.4 Å². The first-order valence-corrected chi connectivity index (χ1v) is 6.57. The molecule has 2 aromatic rings. The van der Waals surface area contributed by atoms with Crippen molar-refractivity contribution in [3.8, 4) is 0 Å². The van der Waals surface area contributed by atoms with Gasteiger partial charge in [0.15, 0.2) is 11.5 Å². The molecule has 0 unspecified atom stereocenters. The normalized spacial score (nSPS) is 12.7. The first-order chi connectivity index (χ1) is 10.7. The van der Waals surface area contributed by atoms with Crippen LogP contribution >= 0.6 is 0 Å². The molecule has 2 aromatic heterocycles. The molecule has 0 saturated carbocycles. The highest BCUT2D eigenvalue weighted by molar-refractivity contribution is 5.90. The minimum Gasteiger partial charge on any atom is -0.464 e. The van der Waals surface area contributed by atoms with Crippen LogP contribution in [0, 0.1) is 0 Å². The number of hydrogen-bond acceptors (Lipinski definition) is 6. The predicted molar refractivity (Wildman–Crippen MR) is 75.9 cm³/mol. The summed E-state index contributed by atoms with van der Waals surface area (Å²) in [7, 11) is 1.26. The summed E-state index contributed by atoms with van der Waals surface area (Å²) in [6, 6.07) is 4.56. The van der Waals surface area contributed by atoms with E-state index in [0.29, 0.717) is 13.1 Å². The first kappa shape index (κ1) is 13.9. The largest absolute Gasteiger partial charge is 0.464 e. The second kappa shape index (κ2) is 5.76. The van der Waals surface area contributed by atoms with Crippen LogP contribution in [0.1, 0.15) is 21.6 Å². The Balaban J connectivity index is 1.64. The molecule has 0 fully saturated rings. The number of ether oxygens (including phenoxy) is 1. The van der Waals surface area contributed by atoms with E-state index in [9.17, 15) is 9.59 Å². The molecule has 0 radical (unpaired) electrons. The van der Waals surface area contributed by atoms with Gasteiger partial charge in [-0.1, -0.05) is 0 Å². The van der Waals surface area contributed by atoms with Crippen molar-refractivity contribution in [2.24, 2.45) is 0 Å². The van der Waals surface area contributed by atoms with Gasteiger partial charge in [0, 0.05) is 25.5 Å². The summed E-state index contributed by atoms with van der Waals surface area (Å²) in [5.41, 5.74) is 2.20. The van der Waals surface area contributed by atoms with Crippen LogP contribution in [-0.4, -0.2) is 39.2 Å². The van der Waals surface area contributed by atoms with Crippen molar-refractivity contribution in [2.45, 2.75) is 13.1 Å². The summed E-state index contributed by atoms with van der Waals surface area (Å²) in [5.74, 6) is -0.306. The van der Waals surface area contributed by atoms with Crippen molar-refractivity contribution >= 4 is 17.8 Å². The minimum absolute atomic E-state index is 0.0835. The van der Waals surface area contributed by atoms with Crippen molar-refractivity contribution in [3.63, 3.8) is 0 Å². The Bertz CT molecular complexity index is 692. The Hall–Kier alpha value is -3.03. The van der Waals surface area contributed by atoms with Crippen LogP contribution in [0.3, 0.4) is 0 Å². The Morgan fingerprint density at radius 1 is 1.18 bits per heavy atom. The average molecular weight is 299 g/mol. The zero-order valence-electron chi connectivity index (χ0n) is 11.8. The monoisotopic (exact) mass is 299 g/mol. The maximum atomic E-state index is 12.2. The number of esters is 1. The molecular weight excluding hydrogens is 286 g/mol. The third-order valence-corrected chi connectivity index (χ3v) is 3.31. The SMILES string of the molecule is COC(=O)c1ccc(NC(=O)N2Cc3ccncc3C2)nn1. The molecule has 3 rings (SSSR count). The van der Waals surface area contributed by atoms with E-state index in [1.807, 2.05) is 6.07 Å². The fourth-order valence-electron chi connectivity index (χ4n) is 2.16. The smallest absolute Gasteiger partial charge is 0.358 e. The van der Waals surface area contributed by atoms with Crippen LogP contribution in [0.25, 0.3) is 0 Å². The number of carbonyl (C=O) groups is 2. The number of rotatable bonds is 2. The number of pyridine rings is 1. The highest BCUT2D eigenvalue weighted by Crippen LogP contribution is 2.21. The molecule has 1 N–H and O–H groups in total. The topological polar surface area (TPSA) is 97.3 Å².